The normalized spacial score (nSPS) is 26.2. The molecule has 3 nitrogen and oxygen atoms in total. The van der Waals surface area contributed by atoms with Crippen molar-refractivity contribution in [3.8, 4) is 0 Å². The first-order valence-electron chi connectivity index (χ1n) is 6.76. The summed E-state index contributed by atoms with van der Waals surface area (Å²) in [6, 6.07) is 0.490. The van der Waals surface area contributed by atoms with E-state index in [1.54, 1.807) is 20.8 Å². The summed E-state index contributed by atoms with van der Waals surface area (Å²) >= 11 is 1.91. The first-order chi connectivity index (χ1) is 8.28. The van der Waals surface area contributed by atoms with Gasteiger partial charge in [-0.25, -0.2) is 8.42 Å². The molecule has 0 aromatic heterocycles. The van der Waals surface area contributed by atoms with Crippen LogP contribution in [0.3, 0.4) is 0 Å². The number of nitrogens with one attached hydrogen (secondary N) is 1. The smallest absolute Gasteiger partial charge is 0.156 e. The third-order valence-corrected chi connectivity index (χ3v) is 7.49. The quantitative estimate of drug-likeness (QED) is 0.846. The molecule has 1 N–H and O–H groups in total. The van der Waals surface area contributed by atoms with Crippen molar-refractivity contribution in [3.05, 3.63) is 0 Å². The van der Waals surface area contributed by atoms with Crippen LogP contribution in [0.4, 0.5) is 0 Å². The minimum absolute atomic E-state index is 0.244. The Morgan fingerprint density at radius 2 is 1.83 bits per heavy atom. The standard InChI is InChI=1S/C13H27NO2S2/c1-13(2,3)18(15,16)10-9-14-11-7-5-6-8-12(11)17-4/h11-12,14H,5-10H2,1-4H3. The summed E-state index contributed by atoms with van der Waals surface area (Å²) in [7, 11) is -2.99. The summed E-state index contributed by atoms with van der Waals surface area (Å²) in [4.78, 5) is 0. The molecule has 0 aromatic carbocycles. The van der Waals surface area contributed by atoms with Crippen LogP contribution in [0.5, 0.6) is 0 Å². The molecule has 0 saturated heterocycles. The van der Waals surface area contributed by atoms with Crippen molar-refractivity contribution in [1.29, 1.82) is 0 Å². The Bertz CT molecular complexity index is 346. The van der Waals surface area contributed by atoms with Crippen LogP contribution in [-0.2, 0) is 9.84 Å². The number of rotatable bonds is 5. The zero-order valence-corrected chi connectivity index (χ0v) is 13.7. The van der Waals surface area contributed by atoms with Gasteiger partial charge in [-0.15, -0.1) is 0 Å². The fourth-order valence-corrected chi connectivity index (χ4v) is 4.26. The molecule has 1 fully saturated rings. The Kier molecular flexibility index (Phi) is 6.00. The van der Waals surface area contributed by atoms with Crippen molar-refractivity contribution in [2.75, 3.05) is 18.6 Å². The lowest BCUT2D eigenvalue weighted by atomic mass is 9.95. The highest BCUT2D eigenvalue weighted by molar-refractivity contribution is 7.99. The van der Waals surface area contributed by atoms with E-state index in [9.17, 15) is 8.42 Å². The van der Waals surface area contributed by atoms with E-state index in [0.717, 1.165) is 0 Å². The molecule has 1 aliphatic rings. The molecule has 0 spiro atoms. The van der Waals surface area contributed by atoms with E-state index in [4.69, 9.17) is 0 Å². The van der Waals surface area contributed by atoms with Gasteiger partial charge in [0.25, 0.3) is 0 Å². The van der Waals surface area contributed by atoms with E-state index in [1.165, 1.54) is 25.7 Å². The summed E-state index contributed by atoms with van der Waals surface area (Å²) < 4.78 is 23.4. The van der Waals surface area contributed by atoms with E-state index >= 15 is 0 Å². The molecule has 0 bridgehead atoms. The number of sulfone groups is 1. The first-order valence-corrected chi connectivity index (χ1v) is 9.70. The monoisotopic (exact) mass is 293 g/mol. The summed E-state index contributed by atoms with van der Waals surface area (Å²) in [5, 5.41) is 4.10. The molecule has 2 unspecified atom stereocenters. The molecule has 0 radical (unpaired) electrons. The van der Waals surface area contributed by atoms with Crippen LogP contribution in [-0.4, -0.2) is 43.0 Å². The van der Waals surface area contributed by atoms with Gasteiger partial charge in [0.05, 0.1) is 10.5 Å². The first kappa shape index (κ1) is 16.3. The van der Waals surface area contributed by atoms with Crippen LogP contribution < -0.4 is 5.32 Å². The predicted octanol–water partition coefficient (Wildman–Crippen LogP) is 2.46. The van der Waals surface area contributed by atoms with Crippen molar-refractivity contribution in [2.24, 2.45) is 0 Å². The van der Waals surface area contributed by atoms with E-state index in [0.29, 0.717) is 17.8 Å². The van der Waals surface area contributed by atoms with Gasteiger partial charge in [-0.05, 0) is 39.9 Å². The summed E-state index contributed by atoms with van der Waals surface area (Å²) in [5.41, 5.74) is 0. The molecular weight excluding hydrogens is 266 g/mol. The third-order valence-electron chi connectivity index (χ3n) is 3.72. The molecule has 5 heteroatoms. The molecule has 0 heterocycles. The Labute approximate surface area is 116 Å². The lowest BCUT2D eigenvalue weighted by Gasteiger charge is -2.31. The van der Waals surface area contributed by atoms with E-state index in [-0.39, 0.29) is 5.75 Å². The molecule has 2 atom stereocenters. The maximum atomic E-state index is 12.0. The van der Waals surface area contributed by atoms with Gasteiger partial charge in [0.2, 0.25) is 0 Å². The van der Waals surface area contributed by atoms with E-state index < -0.39 is 14.6 Å². The maximum absolute atomic E-state index is 12.0. The van der Waals surface area contributed by atoms with Crippen molar-refractivity contribution in [2.45, 2.75) is 62.5 Å². The third kappa shape index (κ3) is 4.42. The number of hydrogen-bond donors (Lipinski definition) is 1. The fraction of sp³-hybridized carbons (Fsp3) is 1.00. The average molecular weight is 293 g/mol. The van der Waals surface area contributed by atoms with Crippen LogP contribution in [0.1, 0.15) is 46.5 Å². The Hall–Kier alpha value is 0.260. The molecule has 0 amide bonds. The molecule has 1 saturated carbocycles. The second-order valence-corrected chi connectivity index (χ2v) is 9.99. The molecule has 1 rings (SSSR count). The Morgan fingerprint density at radius 3 is 2.39 bits per heavy atom. The highest BCUT2D eigenvalue weighted by atomic mass is 32.2. The van der Waals surface area contributed by atoms with Gasteiger partial charge in [-0.2, -0.15) is 11.8 Å². The second kappa shape index (κ2) is 6.62. The van der Waals surface area contributed by atoms with Gasteiger partial charge in [-0.1, -0.05) is 12.8 Å². The summed E-state index contributed by atoms with van der Waals surface area (Å²) in [6.07, 6.45) is 7.16. The largest absolute Gasteiger partial charge is 0.312 e. The minimum Gasteiger partial charge on any atom is -0.312 e. The van der Waals surface area contributed by atoms with Crippen LogP contribution >= 0.6 is 11.8 Å². The van der Waals surface area contributed by atoms with E-state index in [2.05, 4.69) is 11.6 Å². The lowest BCUT2D eigenvalue weighted by Crippen LogP contribution is -2.43. The van der Waals surface area contributed by atoms with Crippen molar-refractivity contribution < 1.29 is 8.42 Å². The zero-order chi connectivity index (χ0) is 13.8. The highest BCUT2D eigenvalue weighted by Gasteiger charge is 2.29. The zero-order valence-electron chi connectivity index (χ0n) is 12.0. The predicted molar refractivity (Wildman–Crippen MR) is 81.1 cm³/mol. The van der Waals surface area contributed by atoms with Gasteiger partial charge in [0.15, 0.2) is 9.84 Å². The lowest BCUT2D eigenvalue weighted by molar-refractivity contribution is 0.391. The average Bonchev–Trinajstić information content (AvgIpc) is 2.28. The van der Waals surface area contributed by atoms with Crippen LogP contribution in [0, 0.1) is 0 Å². The molecule has 0 aliphatic heterocycles. The summed E-state index contributed by atoms with van der Waals surface area (Å²) in [6.45, 7) is 5.90. The minimum atomic E-state index is -2.99. The van der Waals surface area contributed by atoms with Gasteiger partial charge in [0, 0.05) is 17.8 Å². The highest BCUT2D eigenvalue weighted by Crippen LogP contribution is 2.27. The molecule has 18 heavy (non-hydrogen) atoms. The summed E-state index contributed by atoms with van der Waals surface area (Å²) in [5.74, 6) is 0.244. The Morgan fingerprint density at radius 1 is 1.22 bits per heavy atom. The molecule has 1 aliphatic carbocycles. The van der Waals surface area contributed by atoms with Gasteiger partial charge in [-0.3, -0.25) is 0 Å². The fourth-order valence-electron chi connectivity index (χ4n) is 2.30. The topological polar surface area (TPSA) is 46.2 Å². The van der Waals surface area contributed by atoms with Gasteiger partial charge >= 0.3 is 0 Å². The Balaban J connectivity index is 2.41. The number of thioether (sulfide) groups is 1. The van der Waals surface area contributed by atoms with Gasteiger partial charge < -0.3 is 5.32 Å². The second-order valence-electron chi connectivity index (χ2n) is 6.05. The van der Waals surface area contributed by atoms with Crippen molar-refractivity contribution in [1.82, 2.24) is 5.32 Å². The molecule has 108 valence electrons. The molecule has 0 aromatic rings. The molecular formula is C13H27NO2S2. The van der Waals surface area contributed by atoms with Crippen LogP contribution in [0.2, 0.25) is 0 Å². The van der Waals surface area contributed by atoms with Crippen LogP contribution in [0.25, 0.3) is 0 Å². The van der Waals surface area contributed by atoms with E-state index in [1.807, 2.05) is 11.8 Å². The van der Waals surface area contributed by atoms with Crippen LogP contribution in [0.15, 0.2) is 0 Å². The number of hydrogen-bond acceptors (Lipinski definition) is 4. The maximum Gasteiger partial charge on any atom is 0.156 e. The van der Waals surface area contributed by atoms with Crippen molar-refractivity contribution >= 4 is 21.6 Å². The van der Waals surface area contributed by atoms with Crippen molar-refractivity contribution in [3.63, 3.8) is 0 Å². The van der Waals surface area contributed by atoms with Gasteiger partial charge in [0.1, 0.15) is 0 Å². The SMILES string of the molecule is CSC1CCCCC1NCCS(=O)(=O)C(C)(C)C.